The number of amides is 2. The van der Waals surface area contributed by atoms with Crippen LogP contribution in [0.1, 0.15) is 44.8 Å². The number of carbonyl (C=O) groups excluding carboxylic acids is 2. The van der Waals surface area contributed by atoms with Gasteiger partial charge in [0.1, 0.15) is 0 Å². The molecule has 0 aliphatic carbocycles. The van der Waals surface area contributed by atoms with Crippen molar-refractivity contribution in [1.82, 2.24) is 5.32 Å². The monoisotopic (exact) mass is 595 g/mol. The smallest absolute Gasteiger partial charge is 0.255 e. The summed E-state index contributed by atoms with van der Waals surface area (Å²) in [5.41, 5.74) is 2.70. The van der Waals surface area contributed by atoms with Gasteiger partial charge in [0.25, 0.3) is 11.8 Å². The number of benzene rings is 4. The number of rotatable bonds is 9. The van der Waals surface area contributed by atoms with Gasteiger partial charge in [0.2, 0.25) is 10.0 Å². The standard InChI is InChI=1S/C30H27Cl2N3O4S/c1-20(21-9-4-3-5-10-21)33-30(37)24-11-6-7-14-28(24)34-29(36)22-15-17-23(18-16-22)35(40(2,38)39)19-25-26(31)12-8-13-27(25)32/h3-18,20H,19H2,1-2H3,(H,33,37)(H,34,36). The zero-order valence-electron chi connectivity index (χ0n) is 21.8. The molecular formula is C30H27Cl2N3O4S. The van der Waals surface area contributed by atoms with Crippen molar-refractivity contribution >= 4 is 56.4 Å². The van der Waals surface area contributed by atoms with Crippen LogP contribution in [0.4, 0.5) is 11.4 Å². The van der Waals surface area contributed by atoms with Gasteiger partial charge in [-0.1, -0.05) is 71.7 Å². The largest absolute Gasteiger partial charge is 0.345 e. The lowest BCUT2D eigenvalue weighted by Gasteiger charge is -2.24. The van der Waals surface area contributed by atoms with Crippen molar-refractivity contribution in [1.29, 1.82) is 0 Å². The van der Waals surface area contributed by atoms with Gasteiger partial charge in [-0.05, 0) is 61.0 Å². The number of nitrogens with one attached hydrogen (secondary N) is 2. The molecule has 0 heterocycles. The van der Waals surface area contributed by atoms with E-state index in [2.05, 4.69) is 10.6 Å². The number of hydrogen-bond acceptors (Lipinski definition) is 4. The van der Waals surface area contributed by atoms with Crippen molar-refractivity contribution in [3.05, 3.63) is 129 Å². The molecule has 0 radical (unpaired) electrons. The molecule has 206 valence electrons. The maximum Gasteiger partial charge on any atom is 0.255 e. The van der Waals surface area contributed by atoms with Crippen molar-refractivity contribution in [2.24, 2.45) is 0 Å². The van der Waals surface area contributed by atoms with Gasteiger partial charge >= 0.3 is 0 Å². The van der Waals surface area contributed by atoms with E-state index in [1.54, 1.807) is 42.5 Å². The maximum atomic E-state index is 13.1. The topological polar surface area (TPSA) is 95.6 Å². The molecule has 0 aliphatic rings. The van der Waals surface area contributed by atoms with Crippen molar-refractivity contribution in [3.8, 4) is 0 Å². The number of nitrogens with zero attached hydrogens (tertiary/aromatic N) is 1. The molecule has 0 saturated heterocycles. The summed E-state index contributed by atoms with van der Waals surface area (Å²) in [6.07, 6.45) is 1.08. The average Bonchev–Trinajstić information content (AvgIpc) is 2.93. The van der Waals surface area contributed by atoms with Gasteiger partial charge in [-0.2, -0.15) is 0 Å². The molecule has 7 nitrogen and oxygen atoms in total. The number of halogens is 2. The third-order valence-electron chi connectivity index (χ3n) is 6.25. The van der Waals surface area contributed by atoms with Gasteiger partial charge in [0.05, 0.1) is 35.8 Å². The molecule has 0 aliphatic heterocycles. The number of sulfonamides is 1. The summed E-state index contributed by atoms with van der Waals surface area (Å²) in [7, 11) is -3.71. The lowest BCUT2D eigenvalue weighted by atomic mass is 10.1. The minimum Gasteiger partial charge on any atom is -0.345 e. The molecule has 4 aromatic carbocycles. The van der Waals surface area contributed by atoms with Crippen LogP contribution in [-0.4, -0.2) is 26.5 Å². The summed E-state index contributed by atoms with van der Waals surface area (Å²) < 4.78 is 26.4. The van der Waals surface area contributed by atoms with Gasteiger partial charge in [-0.25, -0.2) is 8.42 Å². The Morgan fingerprint density at radius 1 is 0.800 bits per heavy atom. The minimum absolute atomic E-state index is 0.0766. The molecule has 40 heavy (non-hydrogen) atoms. The van der Waals surface area contributed by atoms with Crippen LogP contribution in [0.2, 0.25) is 10.0 Å². The average molecular weight is 597 g/mol. The van der Waals surface area contributed by atoms with Crippen molar-refractivity contribution in [2.75, 3.05) is 15.9 Å². The minimum atomic E-state index is -3.71. The molecule has 0 bridgehead atoms. The molecule has 1 atom stereocenters. The SMILES string of the molecule is CC(NC(=O)c1ccccc1NC(=O)c1ccc(N(Cc2c(Cl)cccc2Cl)S(C)(=O)=O)cc1)c1ccccc1. The van der Waals surface area contributed by atoms with E-state index >= 15 is 0 Å². The lowest BCUT2D eigenvalue weighted by molar-refractivity contribution is 0.0940. The number of hydrogen-bond donors (Lipinski definition) is 2. The predicted molar refractivity (Wildman–Crippen MR) is 161 cm³/mol. The van der Waals surface area contributed by atoms with Crippen LogP contribution >= 0.6 is 23.2 Å². The first-order valence-electron chi connectivity index (χ1n) is 12.3. The maximum absolute atomic E-state index is 13.1. The van der Waals surface area contributed by atoms with E-state index < -0.39 is 15.9 Å². The number of carbonyl (C=O) groups is 2. The molecule has 0 fully saturated rings. The highest BCUT2D eigenvalue weighted by Gasteiger charge is 2.22. The molecule has 2 N–H and O–H groups in total. The fraction of sp³-hybridized carbons (Fsp3) is 0.133. The zero-order valence-corrected chi connectivity index (χ0v) is 24.1. The molecule has 0 saturated carbocycles. The second-order valence-corrected chi connectivity index (χ2v) is 11.8. The van der Waals surface area contributed by atoms with Gasteiger partial charge in [-0.15, -0.1) is 0 Å². The zero-order chi connectivity index (χ0) is 28.9. The fourth-order valence-electron chi connectivity index (χ4n) is 4.09. The second kappa shape index (κ2) is 12.6. The van der Waals surface area contributed by atoms with E-state index in [-0.39, 0.29) is 24.1 Å². The van der Waals surface area contributed by atoms with Gasteiger partial charge in [-0.3, -0.25) is 13.9 Å². The van der Waals surface area contributed by atoms with E-state index in [1.165, 1.54) is 24.3 Å². The Kier molecular flexibility index (Phi) is 9.14. The first-order chi connectivity index (χ1) is 19.0. The molecule has 0 aromatic heterocycles. The normalized spacial score (nSPS) is 11.9. The third kappa shape index (κ3) is 7.01. The summed E-state index contributed by atoms with van der Waals surface area (Å²) >= 11 is 12.5. The van der Waals surface area contributed by atoms with Gasteiger partial charge < -0.3 is 10.6 Å². The Morgan fingerprint density at radius 2 is 1.40 bits per heavy atom. The summed E-state index contributed by atoms with van der Waals surface area (Å²) in [6, 6.07) is 27.1. The molecular weight excluding hydrogens is 569 g/mol. The Hall–Kier alpha value is -3.85. The first kappa shape index (κ1) is 29.1. The van der Waals surface area contributed by atoms with Crippen LogP contribution in [0.25, 0.3) is 0 Å². The highest BCUT2D eigenvalue weighted by molar-refractivity contribution is 7.92. The first-order valence-corrected chi connectivity index (χ1v) is 14.9. The highest BCUT2D eigenvalue weighted by atomic mass is 35.5. The van der Waals surface area contributed by atoms with E-state index in [4.69, 9.17) is 23.2 Å². The van der Waals surface area contributed by atoms with Crippen molar-refractivity contribution < 1.29 is 18.0 Å². The molecule has 4 rings (SSSR count). The Morgan fingerprint density at radius 3 is 2.02 bits per heavy atom. The van der Waals surface area contributed by atoms with E-state index in [9.17, 15) is 18.0 Å². The Balaban J connectivity index is 1.51. The summed E-state index contributed by atoms with van der Waals surface area (Å²) in [6.45, 7) is 1.81. The van der Waals surface area contributed by atoms with Crippen LogP contribution in [0, 0.1) is 0 Å². The van der Waals surface area contributed by atoms with Crippen LogP contribution in [0.15, 0.2) is 97.1 Å². The Labute approximate surface area is 243 Å². The van der Waals surface area contributed by atoms with Crippen LogP contribution in [-0.2, 0) is 16.6 Å². The number of para-hydroxylation sites is 1. The highest BCUT2D eigenvalue weighted by Crippen LogP contribution is 2.29. The molecule has 2 amide bonds. The fourth-order valence-corrected chi connectivity index (χ4v) is 5.48. The molecule has 1 unspecified atom stereocenters. The lowest BCUT2D eigenvalue weighted by Crippen LogP contribution is -2.29. The molecule has 0 spiro atoms. The molecule has 4 aromatic rings. The summed E-state index contributed by atoms with van der Waals surface area (Å²) in [5, 5.41) is 6.43. The van der Waals surface area contributed by atoms with Crippen LogP contribution in [0.5, 0.6) is 0 Å². The van der Waals surface area contributed by atoms with Gasteiger partial charge in [0.15, 0.2) is 0 Å². The summed E-state index contributed by atoms with van der Waals surface area (Å²) in [5.74, 6) is -0.785. The van der Waals surface area contributed by atoms with E-state index in [0.717, 1.165) is 16.1 Å². The molecule has 10 heteroatoms. The van der Waals surface area contributed by atoms with E-state index in [1.807, 2.05) is 37.3 Å². The van der Waals surface area contributed by atoms with Crippen molar-refractivity contribution in [2.45, 2.75) is 19.5 Å². The number of anilines is 2. The quantitative estimate of drug-likeness (QED) is 0.225. The van der Waals surface area contributed by atoms with E-state index in [0.29, 0.717) is 32.5 Å². The van der Waals surface area contributed by atoms with Gasteiger partial charge in [0, 0.05) is 21.2 Å². The predicted octanol–water partition coefficient (Wildman–Crippen LogP) is 6.70. The van der Waals surface area contributed by atoms with Crippen LogP contribution < -0.4 is 14.9 Å². The summed E-state index contributed by atoms with van der Waals surface area (Å²) in [4.78, 5) is 26.1. The third-order valence-corrected chi connectivity index (χ3v) is 8.10. The second-order valence-electron chi connectivity index (χ2n) is 9.12. The van der Waals surface area contributed by atoms with Crippen LogP contribution in [0.3, 0.4) is 0 Å². The Bertz CT molecular complexity index is 1610. The van der Waals surface area contributed by atoms with Crippen molar-refractivity contribution in [3.63, 3.8) is 0 Å².